The summed E-state index contributed by atoms with van der Waals surface area (Å²) >= 11 is 0. The highest BCUT2D eigenvalue weighted by Gasteiger charge is 2.30. The van der Waals surface area contributed by atoms with Gasteiger partial charge in [0.25, 0.3) is 0 Å². The van der Waals surface area contributed by atoms with Gasteiger partial charge in [0, 0.05) is 5.56 Å². The monoisotopic (exact) mass is 414 g/mol. The van der Waals surface area contributed by atoms with Gasteiger partial charge in [0.2, 0.25) is 0 Å². The lowest BCUT2D eigenvalue weighted by Gasteiger charge is -2.20. The van der Waals surface area contributed by atoms with Crippen molar-refractivity contribution in [1.82, 2.24) is 4.98 Å². The average Bonchev–Trinajstić information content (AvgIpc) is 2.76. The van der Waals surface area contributed by atoms with E-state index in [1.165, 1.54) is 12.1 Å². The summed E-state index contributed by atoms with van der Waals surface area (Å²) in [6, 6.07) is 18.7. The first kappa shape index (κ1) is 21.7. The zero-order chi connectivity index (χ0) is 21.6. The molecule has 1 heterocycles. The maximum atomic E-state index is 12.8. The summed E-state index contributed by atoms with van der Waals surface area (Å²) in [5.41, 5.74) is 1.25. The Morgan fingerprint density at radius 1 is 1.03 bits per heavy atom. The topological polar surface area (TPSA) is 31.4 Å². The number of hydrogen-bond acceptors (Lipinski definition) is 3. The molecule has 3 rings (SSSR count). The van der Waals surface area contributed by atoms with Crippen LogP contribution >= 0.6 is 0 Å². The van der Waals surface area contributed by atoms with Gasteiger partial charge in [-0.05, 0) is 55.3 Å². The van der Waals surface area contributed by atoms with E-state index in [1.54, 1.807) is 31.4 Å². The highest BCUT2D eigenvalue weighted by atomic mass is 19.4. The van der Waals surface area contributed by atoms with Crippen LogP contribution in [0, 0.1) is 6.07 Å². The predicted octanol–water partition coefficient (Wildman–Crippen LogP) is 6.89. The average molecular weight is 414 g/mol. The van der Waals surface area contributed by atoms with E-state index in [0.29, 0.717) is 22.8 Å². The highest BCUT2D eigenvalue weighted by Crippen LogP contribution is 2.34. The van der Waals surface area contributed by atoms with Crippen molar-refractivity contribution in [3.8, 4) is 22.8 Å². The van der Waals surface area contributed by atoms with Crippen molar-refractivity contribution in [2.24, 2.45) is 0 Å². The number of hydrogen-bond donors (Lipinski definition) is 0. The van der Waals surface area contributed by atoms with Gasteiger partial charge in [0.1, 0.15) is 6.10 Å². The van der Waals surface area contributed by atoms with Crippen LogP contribution in [0.3, 0.4) is 0 Å². The van der Waals surface area contributed by atoms with Crippen LogP contribution < -0.4 is 9.47 Å². The molecule has 1 atom stereocenters. The molecule has 30 heavy (non-hydrogen) atoms. The molecule has 0 fully saturated rings. The molecule has 0 saturated carbocycles. The molecule has 0 aliphatic rings. The van der Waals surface area contributed by atoms with Gasteiger partial charge in [-0.1, -0.05) is 37.6 Å². The molecule has 0 amide bonds. The van der Waals surface area contributed by atoms with Crippen LogP contribution in [0.25, 0.3) is 11.3 Å². The standard InChI is InChI=1S/C24H23F3NO2/c1-3-4-10-21(30-23-12-6-5-11-22(23)29-2)20-9-7-8-19(28-20)17-13-15-18(16-14-17)24(25,26)27/h6-9,11-16,21H,3-4,10H2,1-2H3/t21-/m1/s1. The summed E-state index contributed by atoms with van der Waals surface area (Å²) < 4.78 is 50.1. The summed E-state index contributed by atoms with van der Waals surface area (Å²) in [5, 5.41) is 0. The van der Waals surface area contributed by atoms with E-state index in [9.17, 15) is 13.2 Å². The predicted molar refractivity (Wildman–Crippen MR) is 109 cm³/mol. The third kappa shape index (κ3) is 5.32. The van der Waals surface area contributed by atoms with Crippen LogP contribution in [-0.4, -0.2) is 12.1 Å². The molecule has 3 nitrogen and oxygen atoms in total. The van der Waals surface area contributed by atoms with Gasteiger partial charge in [-0.3, -0.25) is 0 Å². The fourth-order valence-corrected chi connectivity index (χ4v) is 3.09. The first-order valence-electron chi connectivity index (χ1n) is 9.77. The number of benzene rings is 2. The molecule has 0 N–H and O–H groups in total. The summed E-state index contributed by atoms with van der Waals surface area (Å²) in [4.78, 5) is 4.68. The Kier molecular flexibility index (Phi) is 6.98. The molecule has 0 spiro atoms. The molecule has 0 saturated heterocycles. The van der Waals surface area contributed by atoms with Gasteiger partial charge in [0.15, 0.2) is 11.5 Å². The van der Waals surface area contributed by atoms with E-state index in [1.807, 2.05) is 12.1 Å². The second kappa shape index (κ2) is 9.65. The molecule has 2 aromatic carbocycles. The summed E-state index contributed by atoms with van der Waals surface area (Å²) in [6.07, 6.45) is -1.98. The van der Waals surface area contributed by atoms with Crippen LogP contribution in [0.4, 0.5) is 13.2 Å². The largest absolute Gasteiger partial charge is 0.493 e. The Bertz CT molecular complexity index is 955. The third-order valence-corrected chi connectivity index (χ3v) is 4.71. The van der Waals surface area contributed by atoms with Crippen LogP contribution in [0.15, 0.2) is 60.7 Å². The Morgan fingerprint density at radius 2 is 1.80 bits per heavy atom. The maximum Gasteiger partial charge on any atom is 0.416 e. The van der Waals surface area contributed by atoms with E-state index >= 15 is 0 Å². The van der Waals surface area contributed by atoms with Gasteiger partial charge in [-0.25, -0.2) is 4.98 Å². The van der Waals surface area contributed by atoms with Gasteiger partial charge >= 0.3 is 6.18 Å². The summed E-state index contributed by atoms with van der Waals surface area (Å²) in [6.45, 7) is 2.10. The van der Waals surface area contributed by atoms with Crippen molar-refractivity contribution < 1.29 is 22.6 Å². The molecule has 0 aliphatic heterocycles. The maximum absolute atomic E-state index is 12.8. The smallest absolute Gasteiger partial charge is 0.416 e. The molecule has 1 radical (unpaired) electrons. The van der Waals surface area contributed by atoms with Crippen molar-refractivity contribution in [3.63, 3.8) is 0 Å². The van der Waals surface area contributed by atoms with Gasteiger partial charge in [0.05, 0.1) is 24.1 Å². The number of pyridine rings is 1. The number of ether oxygens (including phenoxy) is 2. The number of nitrogens with zero attached hydrogens (tertiary/aromatic N) is 1. The van der Waals surface area contributed by atoms with Crippen molar-refractivity contribution >= 4 is 0 Å². The second-order valence-electron chi connectivity index (χ2n) is 6.85. The minimum atomic E-state index is -4.36. The Balaban J connectivity index is 1.89. The Morgan fingerprint density at radius 3 is 2.47 bits per heavy atom. The van der Waals surface area contributed by atoms with Crippen LogP contribution in [0.2, 0.25) is 0 Å². The van der Waals surface area contributed by atoms with Gasteiger partial charge in [-0.2, -0.15) is 13.2 Å². The van der Waals surface area contributed by atoms with Crippen molar-refractivity contribution in [2.45, 2.75) is 38.5 Å². The lowest BCUT2D eigenvalue weighted by Crippen LogP contribution is -2.11. The molecule has 1 aromatic heterocycles. The molecule has 0 bridgehead atoms. The Labute approximate surface area is 174 Å². The zero-order valence-electron chi connectivity index (χ0n) is 16.9. The van der Waals surface area contributed by atoms with E-state index in [0.717, 1.165) is 37.1 Å². The summed E-state index contributed by atoms with van der Waals surface area (Å²) in [5.74, 6) is 1.18. The minimum absolute atomic E-state index is 0.310. The van der Waals surface area contributed by atoms with Crippen molar-refractivity contribution in [1.29, 1.82) is 0 Å². The number of unbranched alkanes of at least 4 members (excludes halogenated alkanes) is 1. The lowest BCUT2D eigenvalue weighted by molar-refractivity contribution is -0.137. The first-order valence-corrected chi connectivity index (χ1v) is 9.77. The van der Waals surface area contributed by atoms with Crippen LogP contribution in [-0.2, 0) is 6.18 Å². The molecule has 0 unspecified atom stereocenters. The number of alkyl halides is 3. The zero-order valence-corrected chi connectivity index (χ0v) is 16.9. The van der Waals surface area contributed by atoms with Gasteiger partial charge < -0.3 is 9.47 Å². The normalized spacial score (nSPS) is 12.4. The molecule has 0 aliphatic carbocycles. The number of rotatable bonds is 8. The number of methoxy groups -OCH3 is 1. The molecular weight excluding hydrogens is 391 g/mol. The van der Waals surface area contributed by atoms with Crippen LogP contribution in [0.1, 0.15) is 43.5 Å². The van der Waals surface area contributed by atoms with E-state index in [-0.39, 0.29) is 6.10 Å². The lowest BCUT2D eigenvalue weighted by atomic mass is 10.1. The van der Waals surface area contributed by atoms with Gasteiger partial charge in [-0.15, -0.1) is 0 Å². The quantitative estimate of drug-likeness (QED) is 0.402. The molecular formula is C24H23F3NO2. The number of aromatic nitrogens is 1. The molecule has 3 aromatic rings. The first-order chi connectivity index (χ1) is 14.4. The molecule has 157 valence electrons. The fourth-order valence-electron chi connectivity index (χ4n) is 3.09. The van der Waals surface area contributed by atoms with Crippen molar-refractivity contribution in [3.05, 3.63) is 78.0 Å². The minimum Gasteiger partial charge on any atom is -0.493 e. The van der Waals surface area contributed by atoms with Crippen molar-refractivity contribution in [2.75, 3.05) is 7.11 Å². The SMILES string of the molecule is CCCC[C@@H](Oc1cc[c]cc1OC)c1cccc(-c2ccc(C(F)(F)F)cc2)n1. The third-order valence-electron chi connectivity index (χ3n) is 4.71. The Hall–Kier alpha value is -3.02. The van der Waals surface area contributed by atoms with E-state index < -0.39 is 11.7 Å². The number of halogens is 3. The van der Waals surface area contributed by atoms with E-state index in [2.05, 4.69) is 18.0 Å². The fraction of sp³-hybridized carbons (Fsp3) is 0.292. The van der Waals surface area contributed by atoms with Crippen LogP contribution in [0.5, 0.6) is 11.5 Å². The second-order valence-corrected chi connectivity index (χ2v) is 6.85. The molecule has 6 heteroatoms. The van der Waals surface area contributed by atoms with E-state index in [4.69, 9.17) is 9.47 Å². The highest BCUT2D eigenvalue weighted by molar-refractivity contribution is 5.59. The summed E-state index contributed by atoms with van der Waals surface area (Å²) in [7, 11) is 1.57.